The lowest BCUT2D eigenvalue weighted by atomic mass is 10.0. The van der Waals surface area contributed by atoms with Crippen molar-refractivity contribution < 1.29 is 28.3 Å². The van der Waals surface area contributed by atoms with Crippen LogP contribution in [0, 0.1) is 6.92 Å². The Hall–Kier alpha value is -2.77. The minimum Gasteiger partial charge on any atom is -0.464 e. The van der Waals surface area contributed by atoms with Crippen LogP contribution in [0.25, 0.3) is 0 Å². The van der Waals surface area contributed by atoms with Gasteiger partial charge in [0.05, 0.1) is 17.9 Å². The number of furan rings is 1. The summed E-state index contributed by atoms with van der Waals surface area (Å²) in [7, 11) is 0. The van der Waals surface area contributed by atoms with E-state index in [-0.39, 0.29) is 30.9 Å². The smallest absolute Gasteiger partial charge is 0.338 e. The molecule has 0 aliphatic carbocycles. The van der Waals surface area contributed by atoms with Crippen LogP contribution in [-0.4, -0.2) is 31.2 Å². The van der Waals surface area contributed by atoms with Crippen molar-refractivity contribution in [3.8, 4) is 0 Å². The highest BCUT2D eigenvalue weighted by Crippen LogP contribution is 2.29. The molecular formula is C17H22N2O6. The molecule has 136 valence electrons. The molecule has 1 aliphatic heterocycles. The first-order valence-electron chi connectivity index (χ1n) is 8.15. The van der Waals surface area contributed by atoms with E-state index in [9.17, 15) is 14.4 Å². The number of esters is 2. The molecule has 0 saturated carbocycles. The van der Waals surface area contributed by atoms with Crippen molar-refractivity contribution in [2.45, 2.75) is 39.7 Å². The number of aryl methyl sites for hydroxylation is 1. The number of urea groups is 1. The summed E-state index contributed by atoms with van der Waals surface area (Å²) < 4.78 is 15.8. The van der Waals surface area contributed by atoms with Crippen LogP contribution >= 0.6 is 0 Å². The van der Waals surface area contributed by atoms with Crippen molar-refractivity contribution >= 4 is 18.0 Å². The monoisotopic (exact) mass is 350 g/mol. The lowest BCUT2D eigenvalue weighted by Crippen LogP contribution is -2.47. The van der Waals surface area contributed by atoms with Gasteiger partial charge < -0.3 is 24.5 Å². The summed E-state index contributed by atoms with van der Waals surface area (Å²) in [6.45, 7) is 5.24. The number of carbonyl (C=O) groups is 3. The molecule has 0 saturated heterocycles. The molecule has 0 aromatic carbocycles. The fourth-order valence-corrected chi connectivity index (χ4v) is 2.43. The van der Waals surface area contributed by atoms with E-state index in [4.69, 9.17) is 13.9 Å². The lowest BCUT2D eigenvalue weighted by Gasteiger charge is -2.27. The fraction of sp³-hybridized carbons (Fsp3) is 0.471. The Bertz CT molecular complexity index is 691. The van der Waals surface area contributed by atoms with Gasteiger partial charge in [0.25, 0.3) is 0 Å². The molecule has 0 bridgehead atoms. The van der Waals surface area contributed by atoms with E-state index in [0.29, 0.717) is 17.9 Å². The van der Waals surface area contributed by atoms with Gasteiger partial charge in [0.15, 0.2) is 0 Å². The van der Waals surface area contributed by atoms with E-state index in [1.165, 1.54) is 0 Å². The maximum absolute atomic E-state index is 12.4. The highest BCUT2D eigenvalue weighted by molar-refractivity contribution is 5.95. The van der Waals surface area contributed by atoms with Crippen LogP contribution in [0.5, 0.6) is 0 Å². The summed E-state index contributed by atoms with van der Waals surface area (Å²) >= 11 is 0. The molecule has 25 heavy (non-hydrogen) atoms. The molecule has 8 nitrogen and oxygen atoms in total. The Morgan fingerprint density at radius 1 is 1.24 bits per heavy atom. The number of nitrogens with one attached hydrogen (secondary N) is 2. The number of hydrogen-bond acceptors (Lipinski definition) is 6. The van der Waals surface area contributed by atoms with E-state index in [1.807, 2.05) is 6.92 Å². The van der Waals surface area contributed by atoms with E-state index in [1.54, 1.807) is 26.0 Å². The lowest BCUT2D eigenvalue weighted by molar-refractivity contribution is -0.143. The van der Waals surface area contributed by atoms with Crippen LogP contribution < -0.4 is 10.6 Å². The molecular weight excluding hydrogens is 328 g/mol. The van der Waals surface area contributed by atoms with Crippen LogP contribution in [0.2, 0.25) is 0 Å². The molecule has 1 unspecified atom stereocenters. The Labute approximate surface area is 145 Å². The van der Waals surface area contributed by atoms with Gasteiger partial charge >= 0.3 is 18.0 Å². The maximum Gasteiger partial charge on any atom is 0.338 e. The van der Waals surface area contributed by atoms with Gasteiger partial charge in [0, 0.05) is 6.42 Å². The minimum atomic E-state index is -0.818. The molecule has 1 aromatic rings. The van der Waals surface area contributed by atoms with Crippen molar-refractivity contribution in [3.05, 3.63) is 34.9 Å². The highest BCUT2D eigenvalue weighted by Gasteiger charge is 2.35. The van der Waals surface area contributed by atoms with Gasteiger partial charge in [-0.1, -0.05) is 6.92 Å². The Morgan fingerprint density at radius 2 is 2.00 bits per heavy atom. The molecule has 2 rings (SSSR count). The summed E-state index contributed by atoms with van der Waals surface area (Å²) in [5, 5.41) is 5.15. The van der Waals surface area contributed by atoms with Gasteiger partial charge in [-0.05, 0) is 32.4 Å². The third kappa shape index (κ3) is 4.62. The first-order chi connectivity index (χ1) is 12.0. The largest absolute Gasteiger partial charge is 0.464 e. The van der Waals surface area contributed by atoms with E-state index < -0.39 is 24.0 Å². The van der Waals surface area contributed by atoms with Gasteiger partial charge in [0.1, 0.15) is 24.2 Å². The van der Waals surface area contributed by atoms with E-state index >= 15 is 0 Å². The number of ether oxygens (including phenoxy) is 2. The van der Waals surface area contributed by atoms with Crippen molar-refractivity contribution in [1.29, 1.82) is 0 Å². The van der Waals surface area contributed by atoms with E-state index in [0.717, 1.165) is 0 Å². The summed E-state index contributed by atoms with van der Waals surface area (Å²) in [4.78, 5) is 36.0. The summed E-state index contributed by atoms with van der Waals surface area (Å²) in [5.41, 5.74) is 0.339. The number of carbonyl (C=O) groups excluding carboxylic acids is 3. The Morgan fingerprint density at radius 3 is 2.60 bits per heavy atom. The third-order valence-electron chi connectivity index (χ3n) is 3.53. The van der Waals surface area contributed by atoms with Gasteiger partial charge in [-0.3, -0.25) is 4.79 Å². The number of hydrogen-bond donors (Lipinski definition) is 2. The van der Waals surface area contributed by atoms with Gasteiger partial charge in [-0.2, -0.15) is 0 Å². The minimum absolute atomic E-state index is 0.153. The molecule has 0 spiro atoms. The summed E-state index contributed by atoms with van der Waals surface area (Å²) in [6.07, 6.45) is 0.903. The zero-order valence-corrected chi connectivity index (χ0v) is 14.5. The quantitative estimate of drug-likeness (QED) is 0.729. The zero-order valence-electron chi connectivity index (χ0n) is 14.5. The van der Waals surface area contributed by atoms with Crippen LogP contribution in [0.4, 0.5) is 4.79 Å². The Balaban J connectivity index is 2.36. The summed E-state index contributed by atoms with van der Waals surface area (Å²) in [6, 6.07) is 2.06. The number of rotatable bonds is 7. The average molecular weight is 350 g/mol. The second-order valence-electron chi connectivity index (χ2n) is 5.50. The van der Waals surface area contributed by atoms with Crippen LogP contribution in [-0.2, 0) is 19.1 Å². The predicted octanol–water partition coefficient (Wildman–Crippen LogP) is 2.10. The first kappa shape index (κ1) is 18.6. The Kier molecular flexibility index (Phi) is 6.21. The zero-order chi connectivity index (χ0) is 18.4. The van der Waals surface area contributed by atoms with Crippen LogP contribution in [0.15, 0.2) is 27.8 Å². The molecule has 2 heterocycles. The standard InChI is InChI=1S/C17H22N2O6/c1-4-6-13(20)24-9-11-14(16(21)23-5-2)15(19-17(22)18-11)12-8-7-10(3)25-12/h7-8,15H,4-6,9H2,1-3H3,(H2,18,19,22). The second kappa shape index (κ2) is 8.36. The second-order valence-corrected chi connectivity index (χ2v) is 5.50. The first-order valence-corrected chi connectivity index (χ1v) is 8.15. The fourth-order valence-electron chi connectivity index (χ4n) is 2.43. The molecule has 0 radical (unpaired) electrons. The maximum atomic E-state index is 12.4. The van der Waals surface area contributed by atoms with Gasteiger partial charge in [-0.15, -0.1) is 0 Å². The van der Waals surface area contributed by atoms with Crippen molar-refractivity contribution in [2.75, 3.05) is 13.2 Å². The van der Waals surface area contributed by atoms with E-state index in [2.05, 4.69) is 10.6 Å². The summed E-state index contributed by atoms with van der Waals surface area (Å²) in [5.74, 6) is 0.0154. The van der Waals surface area contributed by atoms with Gasteiger partial charge in [-0.25, -0.2) is 9.59 Å². The van der Waals surface area contributed by atoms with Crippen LogP contribution in [0.3, 0.4) is 0 Å². The van der Waals surface area contributed by atoms with Crippen molar-refractivity contribution in [1.82, 2.24) is 10.6 Å². The molecule has 0 fully saturated rings. The van der Waals surface area contributed by atoms with Crippen LogP contribution in [0.1, 0.15) is 44.3 Å². The molecule has 1 aromatic heterocycles. The predicted molar refractivity (Wildman–Crippen MR) is 87.4 cm³/mol. The molecule has 1 aliphatic rings. The molecule has 2 N–H and O–H groups in total. The van der Waals surface area contributed by atoms with Crippen molar-refractivity contribution in [2.24, 2.45) is 0 Å². The van der Waals surface area contributed by atoms with Gasteiger partial charge in [0.2, 0.25) is 0 Å². The average Bonchev–Trinajstić information content (AvgIpc) is 2.99. The third-order valence-corrected chi connectivity index (χ3v) is 3.53. The number of amides is 2. The normalized spacial score (nSPS) is 16.9. The topological polar surface area (TPSA) is 107 Å². The highest BCUT2D eigenvalue weighted by atomic mass is 16.5. The van der Waals surface area contributed by atoms with Crippen molar-refractivity contribution in [3.63, 3.8) is 0 Å². The molecule has 1 atom stereocenters. The molecule has 2 amide bonds. The molecule has 8 heteroatoms. The SMILES string of the molecule is CCCC(=O)OCC1=C(C(=O)OCC)C(c2ccc(C)o2)NC(=O)N1.